The highest BCUT2D eigenvalue weighted by atomic mass is 19.1. The van der Waals surface area contributed by atoms with Crippen molar-refractivity contribution in [3.05, 3.63) is 53.3 Å². The third kappa shape index (κ3) is 1.99. The van der Waals surface area contributed by atoms with Crippen molar-refractivity contribution in [1.82, 2.24) is 0 Å². The molecular weight excluding hydrogens is 225 g/mol. The van der Waals surface area contributed by atoms with Crippen LogP contribution in [0, 0.1) is 12.7 Å². The van der Waals surface area contributed by atoms with Gasteiger partial charge in [-0.25, -0.2) is 4.39 Å². The molecule has 18 heavy (non-hydrogen) atoms. The Bertz CT molecular complexity index is 569. The summed E-state index contributed by atoms with van der Waals surface area (Å²) in [4.78, 5) is 0. The lowest BCUT2D eigenvalue weighted by molar-refractivity contribution is 0.627. The number of benzene rings is 2. The van der Waals surface area contributed by atoms with Gasteiger partial charge in [-0.2, -0.15) is 0 Å². The van der Waals surface area contributed by atoms with Crippen LogP contribution in [0.4, 0.5) is 10.1 Å². The fraction of sp³-hybridized carbons (Fsp3) is 0.250. The summed E-state index contributed by atoms with van der Waals surface area (Å²) in [5.41, 5.74) is 5.53. The molecule has 0 spiro atoms. The average Bonchev–Trinajstić information content (AvgIpc) is 2.37. The van der Waals surface area contributed by atoms with Crippen LogP contribution in [0.2, 0.25) is 0 Å². The molecule has 0 aliphatic carbocycles. The van der Waals surface area contributed by atoms with Crippen LogP contribution in [-0.2, 0) is 6.42 Å². The second-order valence-corrected chi connectivity index (χ2v) is 4.89. The molecule has 0 saturated carbocycles. The van der Waals surface area contributed by atoms with E-state index in [9.17, 15) is 4.39 Å². The Labute approximate surface area is 107 Å². The maximum Gasteiger partial charge on any atom is 0.124 e. The van der Waals surface area contributed by atoms with Crippen LogP contribution >= 0.6 is 0 Å². The first-order valence-corrected chi connectivity index (χ1v) is 6.37. The van der Waals surface area contributed by atoms with E-state index in [-0.39, 0.29) is 5.82 Å². The number of fused-ring (bicyclic) bond motifs is 1. The molecule has 0 aromatic heterocycles. The van der Waals surface area contributed by atoms with Crippen LogP contribution < -0.4 is 5.32 Å². The summed E-state index contributed by atoms with van der Waals surface area (Å²) < 4.78 is 13.5. The van der Waals surface area contributed by atoms with Gasteiger partial charge in [-0.15, -0.1) is 0 Å². The van der Waals surface area contributed by atoms with Crippen molar-refractivity contribution in [3.63, 3.8) is 0 Å². The number of hydrogen-bond acceptors (Lipinski definition) is 1. The topological polar surface area (TPSA) is 12.0 Å². The van der Waals surface area contributed by atoms with Crippen molar-refractivity contribution >= 4 is 5.69 Å². The van der Waals surface area contributed by atoms with Gasteiger partial charge >= 0.3 is 0 Å². The van der Waals surface area contributed by atoms with Gasteiger partial charge in [-0.05, 0) is 48.6 Å². The number of rotatable bonds is 1. The molecule has 0 atom stereocenters. The van der Waals surface area contributed by atoms with Crippen molar-refractivity contribution in [2.75, 3.05) is 11.9 Å². The molecule has 0 fully saturated rings. The van der Waals surface area contributed by atoms with E-state index in [4.69, 9.17) is 0 Å². The molecule has 1 aliphatic rings. The highest BCUT2D eigenvalue weighted by Gasteiger charge is 2.13. The molecule has 2 aromatic carbocycles. The first-order chi connectivity index (χ1) is 8.74. The Hall–Kier alpha value is -1.83. The van der Waals surface area contributed by atoms with Gasteiger partial charge in [0.1, 0.15) is 5.82 Å². The average molecular weight is 241 g/mol. The van der Waals surface area contributed by atoms with Crippen LogP contribution in [-0.4, -0.2) is 6.54 Å². The van der Waals surface area contributed by atoms with Gasteiger partial charge in [-0.3, -0.25) is 0 Å². The molecule has 1 aliphatic heterocycles. The van der Waals surface area contributed by atoms with Crippen LogP contribution in [0.5, 0.6) is 0 Å². The minimum absolute atomic E-state index is 0.168. The number of nitrogens with one attached hydrogen (secondary N) is 1. The second kappa shape index (κ2) is 4.45. The quantitative estimate of drug-likeness (QED) is 0.790. The first kappa shape index (κ1) is 11.3. The third-order valence-corrected chi connectivity index (χ3v) is 3.43. The van der Waals surface area contributed by atoms with Crippen molar-refractivity contribution in [2.45, 2.75) is 19.8 Å². The number of halogens is 1. The molecule has 0 saturated heterocycles. The lowest BCUT2D eigenvalue weighted by Crippen LogP contribution is -2.12. The zero-order valence-electron chi connectivity index (χ0n) is 10.5. The molecule has 1 heterocycles. The fourth-order valence-electron chi connectivity index (χ4n) is 2.64. The number of anilines is 1. The van der Waals surface area contributed by atoms with E-state index in [1.807, 2.05) is 13.0 Å². The molecule has 0 bridgehead atoms. The van der Waals surface area contributed by atoms with Crippen LogP contribution in [0.3, 0.4) is 0 Å². The van der Waals surface area contributed by atoms with E-state index in [0.717, 1.165) is 29.7 Å². The Kier molecular flexibility index (Phi) is 2.78. The van der Waals surface area contributed by atoms with E-state index in [1.54, 1.807) is 12.1 Å². The minimum Gasteiger partial charge on any atom is -0.384 e. The molecule has 2 aromatic rings. The van der Waals surface area contributed by atoms with Gasteiger partial charge in [0.15, 0.2) is 0 Å². The fourth-order valence-corrected chi connectivity index (χ4v) is 2.64. The molecule has 3 rings (SSSR count). The lowest BCUT2D eigenvalue weighted by Gasteiger charge is -2.21. The van der Waals surface area contributed by atoms with Crippen LogP contribution in [0.25, 0.3) is 11.1 Å². The predicted molar refractivity (Wildman–Crippen MR) is 73.4 cm³/mol. The Morgan fingerprint density at radius 2 is 2.06 bits per heavy atom. The SMILES string of the molecule is Cc1cc(F)cc(-c2cccc3c2NCCC3)c1. The number of para-hydroxylation sites is 1. The maximum absolute atomic E-state index is 13.5. The Balaban J connectivity index is 2.16. The van der Waals surface area contributed by atoms with E-state index in [1.165, 1.54) is 17.7 Å². The zero-order valence-corrected chi connectivity index (χ0v) is 10.5. The van der Waals surface area contributed by atoms with Gasteiger partial charge in [-0.1, -0.05) is 24.3 Å². The van der Waals surface area contributed by atoms with E-state index >= 15 is 0 Å². The summed E-state index contributed by atoms with van der Waals surface area (Å²) in [6.45, 7) is 2.92. The molecule has 0 amide bonds. The van der Waals surface area contributed by atoms with Crippen molar-refractivity contribution in [2.24, 2.45) is 0 Å². The highest BCUT2D eigenvalue weighted by molar-refractivity contribution is 5.81. The molecular formula is C16H16FN. The van der Waals surface area contributed by atoms with E-state index in [2.05, 4.69) is 23.5 Å². The zero-order chi connectivity index (χ0) is 12.5. The van der Waals surface area contributed by atoms with Gasteiger partial charge in [0.25, 0.3) is 0 Å². The summed E-state index contributed by atoms with van der Waals surface area (Å²) in [6.07, 6.45) is 2.27. The monoisotopic (exact) mass is 241 g/mol. The summed E-state index contributed by atoms with van der Waals surface area (Å²) in [6, 6.07) is 11.5. The normalized spacial score (nSPS) is 13.9. The summed E-state index contributed by atoms with van der Waals surface area (Å²) >= 11 is 0. The minimum atomic E-state index is -0.168. The molecule has 0 radical (unpaired) electrons. The summed E-state index contributed by atoms with van der Waals surface area (Å²) in [5.74, 6) is -0.168. The molecule has 92 valence electrons. The molecule has 1 nitrogen and oxygen atoms in total. The van der Waals surface area contributed by atoms with Crippen molar-refractivity contribution in [3.8, 4) is 11.1 Å². The lowest BCUT2D eigenvalue weighted by atomic mass is 9.94. The van der Waals surface area contributed by atoms with Crippen LogP contribution in [0.15, 0.2) is 36.4 Å². The predicted octanol–water partition coefficient (Wildman–Crippen LogP) is 4.16. The molecule has 1 N–H and O–H groups in total. The van der Waals surface area contributed by atoms with E-state index in [0.29, 0.717) is 0 Å². The van der Waals surface area contributed by atoms with Crippen molar-refractivity contribution in [1.29, 1.82) is 0 Å². The van der Waals surface area contributed by atoms with Gasteiger partial charge in [0.05, 0.1) is 0 Å². The Morgan fingerprint density at radius 3 is 2.89 bits per heavy atom. The van der Waals surface area contributed by atoms with Gasteiger partial charge in [0, 0.05) is 17.8 Å². The first-order valence-electron chi connectivity index (χ1n) is 6.37. The van der Waals surface area contributed by atoms with Gasteiger partial charge in [0.2, 0.25) is 0 Å². The summed E-state index contributed by atoms with van der Waals surface area (Å²) in [5, 5.41) is 3.45. The molecule has 0 unspecified atom stereocenters. The highest BCUT2D eigenvalue weighted by Crippen LogP contribution is 2.34. The van der Waals surface area contributed by atoms with Gasteiger partial charge < -0.3 is 5.32 Å². The number of hydrogen-bond donors (Lipinski definition) is 1. The largest absolute Gasteiger partial charge is 0.384 e. The van der Waals surface area contributed by atoms with Crippen molar-refractivity contribution < 1.29 is 4.39 Å². The Morgan fingerprint density at radius 1 is 1.17 bits per heavy atom. The number of aryl methyl sites for hydroxylation is 2. The van der Waals surface area contributed by atoms with Crippen LogP contribution in [0.1, 0.15) is 17.5 Å². The second-order valence-electron chi connectivity index (χ2n) is 4.89. The summed E-state index contributed by atoms with van der Waals surface area (Å²) in [7, 11) is 0. The smallest absolute Gasteiger partial charge is 0.124 e. The maximum atomic E-state index is 13.5. The molecule has 2 heteroatoms. The third-order valence-electron chi connectivity index (χ3n) is 3.43. The standard InChI is InChI=1S/C16H16FN/c1-11-8-13(10-14(17)9-11)15-6-2-4-12-5-3-7-18-16(12)15/h2,4,6,8-10,18H,3,5,7H2,1H3. The van der Waals surface area contributed by atoms with E-state index < -0.39 is 0 Å².